The molecule has 1 aromatic heterocycles. The van der Waals surface area contributed by atoms with Gasteiger partial charge in [0.1, 0.15) is 0 Å². The van der Waals surface area contributed by atoms with Gasteiger partial charge >= 0.3 is 6.18 Å². The summed E-state index contributed by atoms with van der Waals surface area (Å²) in [5.41, 5.74) is 0.0370. The second-order valence-electron chi connectivity index (χ2n) is 5.16. The van der Waals surface area contributed by atoms with Crippen molar-refractivity contribution in [3.63, 3.8) is 0 Å². The predicted octanol–water partition coefficient (Wildman–Crippen LogP) is 3.58. The maximum absolute atomic E-state index is 12.5. The Morgan fingerprint density at radius 3 is 2.58 bits per heavy atom. The molecule has 0 aliphatic rings. The summed E-state index contributed by atoms with van der Waals surface area (Å²) in [4.78, 5) is 27.4. The van der Waals surface area contributed by atoms with E-state index in [1.54, 1.807) is 31.2 Å². The molecule has 0 aliphatic carbocycles. The van der Waals surface area contributed by atoms with E-state index in [-0.39, 0.29) is 17.6 Å². The van der Waals surface area contributed by atoms with E-state index in [0.717, 1.165) is 24.0 Å². The molecule has 5 nitrogen and oxygen atoms in total. The first-order chi connectivity index (χ1) is 12.3. The molecular formula is C17H16F3N3O2S. The van der Waals surface area contributed by atoms with Gasteiger partial charge in [-0.3, -0.25) is 9.59 Å². The number of hydrogen-bond donors (Lipinski definition) is 2. The fourth-order valence-corrected chi connectivity index (χ4v) is 2.61. The number of alkyl halides is 3. The lowest BCUT2D eigenvalue weighted by atomic mass is 10.2. The Kier molecular flexibility index (Phi) is 6.62. The van der Waals surface area contributed by atoms with Crippen molar-refractivity contribution in [1.29, 1.82) is 0 Å². The van der Waals surface area contributed by atoms with Crippen molar-refractivity contribution in [3.05, 3.63) is 53.7 Å². The van der Waals surface area contributed by atoms with Crippen LogP contribution in [-0.4, -0.2) is 29.1 Å². The van der Waals surface area contributed by atoms with E-state index in [1.807, 2.05) is 0 Å². The Morgan fingerprint density at radius 2 is 1.96 bits per heavy atom. The molecule has 1 heterocycles. The number of thioether (sulfide) groups is 1. The smallest absolute Gasteiger partial charge is 0.352 e. The zero-order valence-corrected chi connectivity index (χ0v) is 14.6. The van der Waals surface area contributed by atoms with Crippen molar-refractivity contribution in [2.24, 2.45) is 0 Å². The van der Waals surface area contributed by atoms with Crippen LogP contribution in [0.2, 0.25) is 0 Å². The van der Waals surface area contributed by atoms with Gasteiger partial charge in [0.25, 0.3) is 5.91 Å². The van der Waals surface area contributed by atoms with Crippen LogP contribution in [0.1, 0.15) is 22.8 Å². The minimum Gasteiger partial charge on any atom is -0.352 e. The van der Waals surface area contributed by atoms with Gasteiger partial charge in [-0.25, -0.2) is 4.98 Å². The average Bonchev–Trinajstić information content (AvgIpc) is 2.60. The Balaban J connectivity index is 1.91. The molecule has 138 valence electrons. The molecule has 0 atom stereocenters. The van der Waals surface area contributed by atoms with Gasteiger partial charge in [0.2, 0.25) is 5.91 Å². The normalized spacial score (nSPS) is 11.1. The number of rotatable bonds is 6. The molecule has 0 spiro atoms. The number of benzene rings is 1. The van der Waals surface area contributed by atoms with Crippen LogP contribution < -0.4 is 10.6 Å². The number of anilines is 1. The summed E-state index contributed by atoms with van der Waals surface area (Å²) in [6.07, 6.45) is -3.71. The minimum atomic E-state index is -4.44. The summed E-state index contributed by atoms with van der Waals surface area (Å²) in [5.74, 6) is -0.624. The number of hydrogen-bond acceptors (Lipinski definition) is 4. The van der Waals surface area contributed by atoms with Crippen molar-refractivity contribution in [3.8, 4) is 0 Å². The second kappa shape index (κ2) is 8.70. The monoisotopic (exact) mass is 383 g/mol. The highest BCUT2D eigenvalue weighted by Gasteiger charge is 2.30. The molecule has 0 aliphatic heterocycles. The standard InChI is InChI=1S/C17H16F3N3O2S/c1-2-21-16(25)11-4-3-5-13(8-11)23-14(24)10-26-15-7-6-12(9-22-15)17(18,19)20/h3-9H,2,10H2,1H3,(H,21,25)(H,23,24). The Morgan fingerprint density at radius 1 is 1.19 bits per heavy atom. The Hall–Kier alpha value is -2.55. The Labute approximate surface area is 152 Å². The van der Waals surface area contributed by atoms with Crippen LogP contribution in [0.25, 0.3) is 0 Å². The van der Waals surface area contributed by atoms with Gasteiger partial charge in [-0.1, -0.05) is 17.8 Å². The lowest BCUT2D eigenvalue weighted by Gasteiger charge is -2.08. The van der Waals surface area contributed by atoms with Crippen molar-refractivity contribution in [1.82, 2.24) is 10.3 Å². The number of carbonyl (C=O) groups excluding carboxylic acids is 2. The lowest BCUT2D eigenvalue weighted by molar-refractivity contribution is -0.137. The molecule has 2 N–H and O–H groups in total. The van der Waals surface area contributed by atoms with E-state index in [4.69, 9.17) is 0 Å². The molecule has 0 bridgehead atoms. The molecule has 2 rings (SSSR count). The fraction of sp³-hybridized carbons (Fsp3) is 0.235. The van der Waals surface area contributed by atoms with Crippen molar-refractivity contribution in [2.75, 3.05) is 17.6 Å². The third kappa shape index (κ3) is 5.76. The van der Waals surface area contributed by atoms with Crippen molar-refractivity contribution < 1.29 is 22.8 Å². The van der Waals surface area contributed by atoms with Crippen LogP contribution in [0.4, 0.5) is 18.9 Å². The first-order valence-corrected chi connectivity index (χ1v) is 8.62. The first-order valence-electron chi connectivity index (χ1n) is 7.63. The maximum atomic E-state index is 12.5. The maximum Gasteiger partial charge on any atom is 0.417 e. The highest BCUT2D eigenvalue weighted by molar-refractivity contribution is 7.99. The quantitative estimate of drug-likeness (QED) is 0.748. The van der Waals surface area contributed by atoms with Gasteiger partial charge in [0.05, 0.1) is 16.3 Å². The van der Waals surface area contributed by atoms with Crippen LogP contribution in [0.15, 0.2) is 47.6 Å². The van der Waals surface area contributed by atoms with Gasteiger partial charge in [0.15, 0.2) is 0 Å². The van der Waals surface area contributed by atoms with Crippen LogP contribution in [0.3, 0.4) is 0 Å². The largest absolute Gasteiger partial charge is 0.417 e. The highest BCUT2D eigenvalue weighted by atomic mass is 32.2. The van der Waals surface area contributed by atoms with Gasteiger partial charge < -0.3 is 10.6 Å². The summed E-state index contributed by atoms with van der Waals surface area (Å²) in [6.45, 7) is 2.29. The number of pyridine rings is 1. The van der Waals surface area contributed by atoms with Gasteiger partial charge in [0, 0.05) is 24.0 Å². The first kappa shape index (κ1) is 19.8. The third-order valence-electron chi connectivity index (χ3n) is 3.16. The van der Waals surface area contributed by atoms with Crippen LogP contribution in [0, 0.1) is 0 Å². The van der Waals surface area contributed by atoms with Crippen molar-refractivity contribution >= 4 is 29.3 Å². The molecule has 2 aromatic rings. The second-order valence-corrected chi connectivity index (χ2v) is 6.16. The molecule has 9 heteroatoms. The van der Waals surface area contributed by atoms with E-state index in [1.165, 1.54) is 6.07 Å². The number of carbonyl (C=O) groups is 2. The molecule has 0 radical (unpaired) electrons. The molecule has 0 saturated carbocycles. The lowest BCUT2D eigenvalue weighted by Crippen LogP contribution is -2.23. The number of nitrogens with zero attached hydrogens (tertiary/aromatic N) is 1. The zero-order valence-electron chi connectivity index (χ0n) is 13.8. The van der Waals surface area contributed by atoms with E-state index in [2.05, 4.69) is 15.6 Å². The summed E-state index contributed by atoms with van der Waals surface area (Å²) in [6, 6.07) is 8.59. The molecule has 2 amide bonds. The van der Waals surface area contributed by atoms with Crippen LogP contribution in [-0.2, 0) is 11.0 Å². The number of halogens is 3. The third-order valence-corrected chi connectivity index (χ3v) is 4.10. The average molecular weight is 383 g/mol. The SMILES string of the molecule is CCNC(=O)c1cccc(NC(=O)CSc2ccc(C(F)(F)F)cn2)c1. The molecular weight excluding hydrogens is 367 g/mol. The number of nitrogens with one attached hydrogen (secondary N) is 2. The number of amides is 2. The van der Waals surface area contributed by atoms with Crippen LogP contribution in [0.5, 0.6) is 0 Å². The van der Waals surface area contributed by atoms with E-state index in [0.29, 0.717) is 22.8 Å². The van der Waals surface area contributed by atoms with Gasteiger partial charge in [-0.2, -0.15) is 13.2 Å². The number of aromatic nitrogens is 1. The minimum absolute atomic E-state index is 0.0241. The highest BCUT2D eigenvalue weighted by Crippen LogP contribution is 2.29. The molecule has 0 fully saturated rings. The zero-order chi connectivity index (χ0) is 19.2. The molecule has 26 heavy (non-hydrogen) atoms. The van der Waals surface area contributed by atoms with Crippen molar-refractivity contribution in [2.45, 2.75) is 18.1 Å². The molecule has 0 unspecified atom stereocenters. The summed E-state index contributed by atoms with van der Waals surface area (Å²) in [5, 5.41) is 5.61. The van der Waals surface area contributed by atoms with E-state index >= 15 is 0 Å². The van der Waals surface area contributed by atoms with E-state index in [9.17, 15) is 22.8 Å². The van der Waals surface area contributed by atoms with Gasteiger partial charge in [-0.15, -0.1) is 0 Å². The summed E-state index contributed by atoms with van der Waals surface area (Å²) in [7, 11) is 0. The van der Waals surface area contributed by atoms with E-state index < -0.39 is 11.7 Å². The predicted molar refractivity (Wildman–Crippen MR) is 93.0 cm³/mol. The Bertz CT molecular complexity index is 780. The van der Waals surface area contributed by atoms with Gasteiger partial charge in [-0.05, 0) is 37.3 Å². The molecule has 1 aromatic carbocycles. The summed E-state index contributed by atoms with van der Waals surface area (Å²) >= 11 is 1.02. The fourth-order valence-electron chi connectivity index (χ4n) is 1.97. The van der Waals surface area contributed by atoms with Crippen LogP contribution >= 0.6 is 11.8 Å². The summed E-state index contributed by atoms with van der Waals surface area (Å²) < 4.78 is 37.4. The molecule has 0 saturated heterocycles. The topological polar surface area (TPSA) is 71.1 Å².